The number of para-hydroxylation sites is 4. The van der Waals surface area contributed by atoms with Crippen molar-refractivity contribution in [2.24, 2.45) is 0 Å². The third kappa shape index (κ3) is 9.50. The number of fused-ring (bicyclic) bond motifs is 24. The van der Waals surface area contributed by atoms with E-state index in [1.165, 1.54) is 111 Å². The van der Waals surface area contributed by atoms with Gasteiger partial charge in [0.1, 0.15) is 22.3 Å². The molecule has 116 heavy (non-hydrogen) atoms. The van der Waals surface area contributed by atoms with Gasteiger partial charge in [-0.25, -0.2) is 0 Å². The predicted molar refractivity (Wildman–Crippen MR) is 475 cm³/mol. The highest BCUT2D eigenvalue weighted by molar-refractivity contribution is 6.08. The largest absolute Gasteiger partial charge is 0.456 e. The summed E-state index contributed by atoms with van der Waals surface area (Å²) >= 11 is 0. The maximum atomic E-state index is 6.47. The fourth-order valence-corrected chi connectivity index (χ4v) is 21.2. The minimum Gasteiger partial charge on any atom is -0.456 e. The highest BCUT2D eigenvalue weighted by Gasteiger charge is 2.59. The molecule has 18 aromatic carbocycles. The first kappa shape index (κ1) is 66.9. The number of rotatable bonds is 10. The van der Waals surface area contributed by atoms with Gasteiger partial charge in [-0.15, -0.1) is 0 Å². The zero-order valence-electron chi connectivity index (χ0n) is 63.4. The van der Waals surface area contributed by atoms with Crippen LogP contribution in [0.25, 0.3) is 66.1 Å². The van der Waals surface area contributed by atoms with Crippen LogP contribution in [0.2, 0.25) is 0 Å². The van der Waals surface area contributed by atoms with Gasteiger partial charge in [0.2, 0.25) is 0 Å². The van der Waals surface area contributed by atoms with Crippen LogP contribution in [-0.4, -0.2) is 0 Å². The van der Waals surface area contributed by atoms with Crippen molar-refractivity contribution in [3.63, 3.8) is 0 Å². The average Bonchev–Trinajstić information content (AvgIpc) is 1.39. The molecule has 0 unspecified atom stereocenters. The molecule has 4 heteroatoms. The van der Waals surface area contributed by atoms with Crippen LogP contribution in [0.4, 0.5) is 34.1 Å². The number of benzene rings is 18. The Morgan fingerprint density at radius 2 is 0.405 bits per heavy atom. The molecule has 0 aliphatic heterocycles. The molecule has 4 aliphatic carbocycles. The Kier molecular flexibility index (Phi) is 15.2. The van der Waals surface area contributed by atoms with Gasteiger partial charge in [-0.1, -0.05) is 352 Å². The van der Waals surface area contributed by atoms with Crippen LogP contribution in [0.1, 0.15) is 89.0 Å². The summed E-state index contributed by atoms with van der Waals surface area (Å²) in [6.07, 6.45) is 0. The van der Waals surface area contributed by atoms with Gasteiger partial charge in [-0.3, -0.25) is 0 Å². The SMILES string of the molecule is c1ccc(N(c2ccc3c(c2)C2(c4ccccc4-3)c3ccccc3C(c3ccccc3)(c3ccccc3)c3ccccc32)c2ccc3c(c2)oc2ccccc23)cc1.c1ccc(N(c2ccc3c(c2)C2(c4ccccc4-3)c3ccccc3C(c3ccccc3)(c3ccccc3)c3ccccc32)c2ccc3oc4ccccc4c3c2)cc1. The van der Waals surface area contributed by atoms with Gasteiger partial charge in [0, 0.05) is 61.7 Å². The molecule has 20 aromatic rings. The molecular formula is C112H74N2O2. The Bertz CT molecular complexity index is 7040. The molecule has 2 aromatic heterocycles. The maximum Gasteiger partial charge on any atom is 0.137 e. The molecular weight excluding hydrogens is 1410 g/mol. The minimum absolute atomic E-state index is 0.547. The molecule has 0 fully saturated rings. The summed E-state index contributed by atoms with van der Waals surface area (Å²) in [5.41, 5.74) is 33.5. The topological polar surface area (TPSA) is 32.8 Å². The standard InChI is InChI=1S/2C56H37NO/c1-4-18-38(19-5-1)55(39-20-6-2-7-21-39)48-27-13-15-29-50(48)56(51-30-16-14-28-49(51)55)47-26-12-10-24-43(47)44-34-32-42(37-52(44)56)57(40-22-8-3-9-23-40)41-33-35-54-46(36-41)45-25-11-17-31-53(45)58-54;1-4-18-38(19-5-1)55(39-20-6-2-7-21-39)48-27-13-15-29-50(48)56(51-30-16-14-28-49(51)55)47-26-12-10-24-43(47)44-34-32-41(36-52(44)56)57(40-22-8-3-9-23-40)42-33-35-46-45-25-11-17-31-53(45)58-54(46)37-42/h2*1-37H. The van der Waals surface area contributed by atoms with E-state index >= 15 is 0 Å². The summed E-state index contributed by atoms with van der Waals surface area (Å²) in [4.78, 5) is 4.78. The van der Waals surface area contributed by atoms with Crippen LogP contribution < -0.4 is 9.80 Å². The fraction of sp³-hybridized carbons (Fsp3) is 0.0357. The van der Waals surface area contributed by atoms with E-state index in [-0.39, 0.29) is 0 Å². The molecule has 0 saturated carbocycles. The second-order valence-corrected chi connectivity index (χ2v) is 31.1. The first-order valence-electron chi connectivity index (χ1n) is 40.2. The van der Waals surface area contributed by atoms with E-state index in [4.69, 9.17) is 8.83 Å². The van der Waals surface area contributed by atoms with E-state index < -0.39 is 21.7 Å². The number of furan rings is 2. The summed E-state index contributed by atoms with van der Waals surface area (Å²) < 4.78 is 12.8. The Labute approximate surface area is 674 Å². The molecule has 0 atom stereocenters. The number of nitrogens with zero attached hydrogens (tertiary/aromatic N) is 2. The lowest BCUT2D eigenvalue weighted by Gasteiger charge is -2.50. The Morgan fingerprint density at radius 1 is 0.147 bits per heavy atom. The van der Waals surface area contributed by atoms with Gasteiger partial charge in [0.05, 0.1) is 21.7 Å². The van der Waals surface area contributed by atoms with E-state index in [9.17, 15) is 0 Å². The molecule has 0 saturated heterocycles. The molecule has 2 heterocycles. The molecule has 0 amide bonds. The lowest BCUT2D eigenvalue weighted by Crippen LogP contribution is -2.44. The monoisotopic (exact) mass is 1480 g/mol. The van der Waals surface area contributed by atoms with E-state index in [0.29, 0.717) is 0 Å². The van der Waals surface area contributed by atoms with Crippen molar-refractivity contribution in [3.8, 4) is 22.3 Å². The Morgan fingerprint density at radius 3 is 0.802 bits per heavy atom. The van der Waals surface area contributed by atoms with Crippen molar-refractivity contribution < 1.29 is 8.83 Å². The Hall–Kier alpha value is -14.8. The molecule has 544 valence electrons. The second-order valence-electron chi connectivity index (χ2n) is 31.1. The van der Waals surface area contributed by atoms with Crippen LogP contribution in [0.15, 0.2) is 458 Å². The van der Waals surface area contributed by atoms with Crippen molar-refractivity contribution in [2.75, 3.05) is 9.80 Å². The molecule has 0 bridgehead atoms. The fourth-order valence-electron chi connectivity index (χ4n) is 21.2. The van der Waals surface area contributed by atoms with Crippen molar-refractivity contribution in [1.82, 2.24) is 0 Å². The van der Waals surface area contributed by atoms with Gasteiger partial charge < -0.3 is 18.6 Å². The van der Waals surface area contributed by atoms with Crippen LogP contribution in [0, 0.1) is 0 Å². The van der Waals surface area contributed by atoms with Gasteiger partial charge in [-0.2, -0.15) is 0 Å². The molecule has 24 rings (SSSR count). The summed E-state index contributed by atoms with van der Waals surface area (Å²) in [5.74, 6) is 0. The van der Waals surface area contributed by atoms with E-state index in [2.05, 4.69) is 434 Å². The van der Waals surface area contributed by atoms with Crippen molar-refractivity contribution in [3.05, 3.63) is 538 Å². The number of hydrogen-bond donors (Lipinski definition) is 0. The van der Waals surface area contributed by atoms with Crippen LogP contribution in [0.3, 0.4) is 0 Å². The first-order valence-corrected chi connectivity index (χ1v) is 40.2. The summed E-state index contributed by atoms with van der Waals surface area (Å²) in [6.45, 7) is 0. The third-order valence-electron chi connectivity index (χ3n) is 25.6. The summed E-state index contributed by atoms with van der Waals surface area (Å²) in [6, 6.07) is 165. The van der Waals surface area contributed by atoms with E-state index in [0.717, 1.165) is 78.0 Å². The van der Waals surface area contributed by atoms with Crippen molar-refractivity contribution >= 4 is 78.0 Å². The van der Waals surface area contributed by atoms with E-state index in [1.807, 2.05) is 24.3 Å². The molecule has 0 radical (unpaired) electrons. The van der Waals surface area contributed by atoms with Crippen LogP contribution >= 0.6 is 0 Å². The minimum atomic E-state index is -0.590. The number of hydrogen-bond acceptors (Lipinski definition) is 4. The number of anilines is 6. The summed E-state index contributed by atoms with van der Waals surface area (Å²) in [7, 11) is 0. The molecule has 0 N–H and O–H groups in total. The van der Waals surface area contributed by atoms with Crippen molar-refractivity contribution in [2.45, 2.75) is 21.7 Å². The second kappa shape index (κ2) is 26.4. The highest BCUT2D eigenvalue weighted by atomic mass is 16.3. The Balaban J connectivity index is 0.000000137. The zero-order valence-corrected chi connectivity index (χ0v) is 63.4. The quantitative estimate of drug-likeness (QED) is 0.137. The molecule has 2 spiro atoms. The van der Waals surface area contributed by atoms with Gasteiger partial charge in [0.25, 0.3) is 0 Å². The van der Waals surface area contributed by atoms with Crippen molar-refractivity contribution in [1.29, 1.82) is 0 Å². The first-order chi connectivity index (χ1) is 57.5. The zero-order chi connectivity index (χ0) is 76.5. The predicted octanol–water partition coefficient (Wildman–Crippen LogP) is 28.2. The van der Waals surface area contributed by atoms with Crippen LogP contribution in [-0.2, 0) is 21.7 Å². The van der Waals surface area contributed by atoms with Gasteiger partial charge >= 0.3 is 0 Å². The third-order valence-corrected chi connectivity index (χ3v) is 25.6. The summed E-state index contributed by atoms with van der Waals surface area (Å²) in [5, 5.41) is 4.47. The normalized spacial score (nSPS) is 14.1. The maximum absolute atomic E-state index is 6.47. The van der Waals surface area contributed by atoms with Gasteiger partial charge in [0.15, 0.2) is 0 Å². The van der Waals surface area contributed by atoms with Gasteiger partial charge in [-0.05, 0) is 202 Å². The average molecular weight is 1480 g/mol. The van der Waals surface area contributed by atoms with E-state index in [1.54, 1.807) is 0 Å². The highest BCUT2D eigenvalue weighted by Crippen LogP contribution is 2.68. The van der Waals surface area contributed by atoms with Crippen LogP contribution in [0.5, 0.6) is 0 Å². The molecule has 4 nitrogen and oxygen atoms in total. The molecule has 4 aliphatic rings. The lowest BCUT2D eigenvalue weighted by atomic mass is 9.51. The smallest absolute Gasteiger partial charge is 0.137 e. The lowest BCUT2D eigenvalue weighted by molar-refractivity contribution is 0.623.